The van der Waals surface area contributed by atoms with Gasteiger partial charge in [-0.2, -0.15) is 13.2 Å². The first-order valence-electron chi connectivity index (χ1n) is 12.6. The number of aryl methyl sites for hydroxylation is 1. The van der Waals surface area contributed by atoms with E-state index in [1.807, 2.05) is 37.3 Å². The number of rotatable bonds is 6. The molecule has 0 bridgehead atoms. The molecule has 0 saturated carbocycles. The Kier molecular flexibility index (Phi) is 6.93. The van der Waals surface area contributed by atoms with Crippen molar-refractivity contribution in [3.05, 3.63) is 106 Å². The lowest BCUT2D eigenvalue weighted by molar-refractivity contribution is -0.137. The number of nitrogens with zero attached hydrogens (tertiary/aromatic N) is 3. The van der Waals surface area contributed by atoms with Crippen LogP contribution in [0.5, 0.6) is 0 Å². The van der Waals surface area contributed by atoms with Gasteiger partial charge in [-0.1, -0.05) is 55.5 Å². The summed E-state index contributed by atoms with van der Waals surface area (Å²) in [5.41, 5.74) is 9.25. The van der Waals surface area contributed by atoms with Gasteiger partial charge in [0.2, 0.25) is 11.7 Å². The van der Waals surface area contributed by atoms with E-state index in [4.69, 9.17) is 10.7 Å². The maximum Gasteiger partial charge on any atom is 0.416 e. The van der Waals surface area contributed by atoms with Crippen molar-refractivity contribution >= 4 is 23.1 Å². The average molecular weight is 546 g/mol. The highest BCUT2D eigenvalue weighted by molar-refractivity contribution is 5.91. The summed E-state index contributed by atoms with van der Waals surface area (Å²) >= 11 is 0. The fourth-order valence-corrected chi connectivity index (χ4v) is 4.84. The van der Waals surface area contributed by atoms with E-state index in [0.717, 1.165) is 17.7 Å². The number of imidazole rings is 1. The summed E-state index contributed by atoms with van der Waals surface area (Å²) in [6, 6.07) is 20.6. The lowest BCUT2D eigenvalue weighted by atomic mass is 10.0. The SMILES string of the molecule is CCc1nc2n(CC(=O)Nc3ccc(C(F)(F)F)cc3)c(C)c(-c3ccccc3)n2c(=O)c1-c1ccccc1N. The highest BCUT2D eigenvalue weighted by atomic mass is 19.4. The second kappa shape index (κ2) is 10.4. The van der Waals surface area contributed by atoms with Crippen LogP contribution in [0, 0.1) is 6.92 Å². The van der Waals surface area contributed by atoms with Crippen molar-refractivity contribution in [3.63, 3.8) is 0 Å². The summed E-state index contributed by atoms with van der Waals surface area (Å²) in [7, 11) is 0. The zero-order chi connectivity index (χ0) is 28.6. The first-order chi connectivity index (χ1) is 19.1. The van der Waals surface area contributed by atoms with Gasteiger partial charge in [0.1, 0.15) is 6.54 Å². The second-order valence-electron chi connectivity index (χ2n) is 9.32. The Morgan fingerprint density at radius 1 is 0.975 bits per heavy atom. The second-order valence-corrected chi connectivity index (χ2v) is 9.32. The van der Waals surface area contributed by atoms with E-state index in [9.17, 15) is 22.8 Å². The molecule has 0 radical (unpaired) electrons. The topological polar surface area (TPSA) is 94.4 Å². The fraction of sp³-hybridized carbons (Fsp3) is 0.167. The molecular formula is C30H26F3N5O2. The summed E-state index contributed by atoms with van der Waals surface area (Å²) in [6.45, 7) is 3.46. The number of hydrogen-bond acceptors (Lipinski definition) is 4. The third-order valence-corrected chi connectivity index (χ3v) is 6.76. The van der Waals surface area contributed by atoms with Gasteiger partial charge in [0.05, 0.1) is 22.5 Å². The van der Waals surface area contributed by atoms with Crippen molar-refractivity contribution in [2.45, 2.75) is 33.0 Å². The number of halogens is 3. The van der Waals surface area contributed by atoms with E-state index < -0.39 is 17.6 Å². The van der Waals surface area contributed by atoms with Gasteiger partial charge < -0.3 is 15.6 Å². The van der Waals surface area contributed by atoms with Crippen molar-refractivity contribution in [2.75, 3.05) is 11.1 Å². The van der Waals surface area contributed by atoms with E-state index in [1.54, 1.807) is 35.8 Å². The van der Waals surface area contributed by atoms with Crippen LogP contribution in [0.2, 0.25) is 0 Å². The lowest BCUT2D eigenvalue weighted by Gasteiger charge is -2.12. The number of para-hydroxylation sites is 1. The zero-order valence-electron chi connectivity index (χ0n) is 21.8. The third kappa shape index (κ3) is 4.84. The smallest absolute Gasteiger partial charge is 0.398 e. The van der Waals surface area contributed by atoms with Crippen LogP contribution in [0.15, 0.2) is 83.7 Å². The lowest BCUT2D eigenvalue weighted by Crippen LogP contribution is -2.23. The normalized spacial score (nSPS) is 11.6. The molecule has 10 heteroatoms. The minimum Gasteiger partial charge on any atom is -0.398 e. The highest BCUT2D eigenvalue weighted by Crippen LogP contribution is 2.31. The van der Waals surface area contributed by atoms with E-state index in [1.165, 1.54) is 16.5 Å². The Labute approximate surface area is 227 Å². The van der Waals surface area contributed by atoms with E-state index in [0.29, 0.717) is 40.3 Å². The maximum absolute atomic E-state index is 14.2. The van der Waals surface area contributed by atoms with Gasteiger partial charge in [-0.25, -0.2) is 9.38 Å². The van der Waals surface area contributed by atoms with Gasteiger partial charge in [-0.05, 0) is 43.7 Å². The van der Waals surface area contributed by atoms with Gasteiger partial charge in [0.15, 0.2) is 0 Å². The molecule has 3 aromatic carbocycles. The first-order valence-corrected chi connectivity index (χ1v) is 12.6. The molecule has 5 rings (SSSR count). The number of amides is 1. The minimum absolute atomic E-state index is 0.217. The van der Waals surface area contributed by atoms with Crippen LogP contribution in [0.4, 0.5) is 24.5 Å². The Morgan fingerprint density at radius 2 is 1.62 bits per heavy atom. The van der Waals surface area contributed by atoms with Gasteiger partial charge in [-0.3, -0.25) is 9.59 Å². The molecule has 0 fully saturated rings. The summed E-state index contributed by atoms with van der Waals surface area (Å²) < 4.78 is 41.9. The predicted molar refractivity (Wildman–Crippen MR) is 149 cm³/mol. The number of nitrogen functional groups attached to an aromatic ring is 1. The number of carbonyl (C=O) groups is 1. The van der Waals surface area contributed by atoms with Crippen LogP contribution in [-0.4, -0.2) is 19.9 Å². The van der Waals surface area contributed by atoms with Gasteiger partial charge in [0.25, 0.3) is 5.56 Å². The zero-order valence-corrected chi connectivity index (χ0v) is 21.8. The molecule has 2 heterocycles. The number of hydrogen-bond donors (Lipinski definition) is 2. The molecule has 0 aliphatic heterocycles. The van der Waals surface area contributed by atoms with Gasteiger partial charge in [0, 0.05) is 28.2 Å². The summed E-state index contributed by atoms with van der Waals surface area (Å²) in [5.74, 6) is -0.206. The third-order valence-electron chi connectivity index (χ3n) is 6.76. The number of aromatic nitrogens is 3. The Bertz CT molecular complexity index is 1770. The molecule has 0 unspecified atom stereocenters. The van der Waals surface area contributed by atoms with Crippen LogP contribution in [-0.2, 0) is 23.9 Å². The first kappa shape index (κ1) is 26.7. The van der Waals surface area contributed by atoms with Gasteiger partial charge in [-0.15, -0.1) is 0 Å². The van der Waals surface area contributed by atoms with Crippen LogP contribution in [0.3, 0.4) is 0 Å². The quantitative estimate of drug-likeness (QED) is 0.258. The Balaban J connectivity index is 1.65. The maximum atomic E-state index is 14.2. The molecule has 0 atom stereocenters. The van der Waals surface area contributed by atoms with Crippen molar-refractivity contribution in [1.82, 2.24) is 14.0 Å². The predicted octanol–water partition coefficient (Wildman–Crippen LogP) is 5.94. The minimum atomic E-state index is -4.48. The number of anilines is 2. The summed E-state index contributed by atoms with van der Waals surface area (Å²) in [5, 5.41) is 2.64. The van der Waals surface area contributed by atoms with Crippen molar-refractivity contribution < 1.29 is 18.0 Å². The fourth-order valence-electron chi connectivity index (χ4n) is 4.84. The molecule has 7 nitrogen and oxygen atoms in total. The standard InChI is InChI=1S/C30H26F3N5O2/c1-3-24-26(22-11-7-8-12-23(22)34)28(40)38-27(19-9-5-4-6-10-19)18(2)37(29(38)36-24)17-25(39)35-21-15-13-20(14-16-21)30(31,32)33/h4-16H,3,17,34H2,1-2H3,(H,35,39). The molecule has 1 amide bonds. The molecular weight excluding hydrogens is 519 g/mol. The number of benzene rings is 3. The molecule has 0 spiro atoms. The van der Waals surface area contributed by atoms with E-state index in [-0.39, 0.29) is 23.6 Å². The van der Waals surface area contributed by atoms with Gasteiger partial charge >= 0.3 is 6.18 Å². The monoisotopic (exact) mass is 545 g/mol. The van der Waals surface area contributed by atoms with Crippen LogP contribution in [0.1, 0.15) is 23.9 Å². The van der Waals surface area contributed by atoms with Crippen LogP contribution in [0.25, 0.3) is 28.2 Å². The van der Waals surface area contributed by atoms with E-state index in [2.05, 4.69) is 5.32 Å². The molecule has 3 N–H and O–H groups in total. The Hall–Kier alpha value is -4.86. The van der Waals surface area contributed by atoms with E-state index >= 15 is 0 Å². The Morgan fingerprint density at radius 3 is 2.25 bits per heavy atom. The summed E-state index contributed by atoms with van der Waals surface area (Å²) in [4.78, 5) is 32.1. The number of alkyl halides is 3. The largest absolute Gasteiger partial charge is 0.416 e. The molecule has 0 aliphatic carbocycles. The molecule has 40 heavy (non-hydrogen) atoms. The molecule has 5 aromatic rings. The number of nitrogens with two attached hydrogens (primary N) is 1. The van der Waals surface area contributed by atoms with Crippen molar-refractivity contribution in [2.24, 2.45) is 0 Å². The number of carbonyl (C=O) groups excluding carboxylic acids is 1. The average Bonchev–Trinajstić information content (AvgIpc) is 3.20. The van der Waals surface area contributed by atoms with Crippen molar-refractivity contribution in [3.8, 4) is 22.4 Å². The molecule has 0 saturated heterocycles. The molecule has 2 aromatic heterocycles. The number of nitrogens with one attached hydrogen (secondary N) is 1. The number of fused-ring (bicyclic) bond motifs is 1. The van der Waals surface area contributed by atoms with Crippen molar-refractivity contribution in [1.29, 1.82) is 0 Å². The van der Waals surface area contributed by atoms with Crippen LogP contribution < -0.4 is 16.6 Å². The van der Waals surface area contributed by atoms with Crippen LogP contribution >= 0.6 is 0 Å². The summed E-state index contributed by atoms with van der Waals surface area (Å²) in [6.07, 6.45) is -4.03. The highest BCUT2D eigenvalue weighted by Gasteiger charge is 2.30. The molecule has 0 aliphatic rings. The molecule has 204 valence electrons.